The van der Waals surface area contributed by atoms with Crippen LogP contribution in [-0.2, 0) is 27.7 Å². The molecule has 2 aliphatic rings. The van der Waals surface area contributed by atoms with E-state index < -0.39 is 66.4 Å². The van der Waals surface area contributed by atoms with Crippen molar-refractivity contribution in [2.75, 3.05) is 31.4 Å². The first-order chi connectivity index (χ1) is 22.3. The van der Waals surface area contributed by atoms with Gasteiger partial charge in [-0.3, -0.25) is 19.5 Å². The van der Waals surface area contributed by atoms with Gasteiger partial charge in [-0.05, 0) is 37.6 Å². The van der Waals surface area contributed by atoms with Crippen LogP contribution in [0.5, 0.6) is 0 Å². The molecule has 0 radical (unpaired) electrons. The molecule has 0 N–H and O–H groups in total. The summed E-state index contributed by atoms with van der Waals surface area (Å²) in [7, 11) is 1.64. The third kappa shape index (κ3) is 5.68. The number of amides is 1. The molecule has 2 aromatic heterocycles. The fraction of sp³-hybridized carbons (Fsp3) is 0.344. The van der Waals surface area contributed by atoms with Crippen molar-refractivity contribution in [3.05, 3.63) is 87.1 Å². The number of morpholine rings is 1. The SMILES string of the molecule is Cc1nc(-c2ccc(C[C@H]3C(=O)OCN3C(=O)c3c(F)cc(N4CCOC[C@@H]4C(F)(F)F)cc3F)c3cccnc23)c(=O)n(C)c1C. The molecule has 0 aliphatic carbocycles. The van der Waals surface area contributed by atoms with E-state index in [4.69, 9.17) is 9.47 Å². The number of hydrogen-bond donors (Lipinski definition) is 0. The number of alkyl halides is 3. The maximum atomic E-state index is 15.4. The minimum Gasteiger partial charge on any atom is -0.443 e. The molecule has 0 unspecified atom stereocenters. The van der Waals surface area contributed by atoms with Crippen LogP contribution in [-0.4, -0.2) is 76.1 Å². The van der Waals surface area contributed by atoms with E-state index in [1.165, 1.54) is 10.8 Å². The van der Waals surface area contributed by atoms with Crippen LogP contribution in [0.4, 0.5) is 27.6 Å². The van der Waals surface area contributed by atoms with E-state index in [2.05, 4.69) is 9.97 Å². The van der Waals surface area contributed by atoms with E-state index in [9.17, 15) is 27.6 Å². The summed E-state index contributed by atoms with van der Waals surface area (Å²) in [6.45, 7) is 1.88. The number of halogens is 5. The molecule has 2 fully saturated rings. The Bertz CT molecular complexity index is 1960. The van der Waals surface area contributed by atoms with Crippen LogP contribution in [0, 0.1) is 25.5 Å². The molecule has 2 aromatic carbocycles. The quantitative estimate of drug-likeness (QED) is 0.232. The standard InChI is InChI=1S/C32H28F5N5O5/c1-16-17(2)40(3)30(44)28(39-16)21-7-6-18(20-5-4-8-38-27(20)21)11-24-31(45)47-15-42(24)29(43)26-22(33)12-19(13-23(26)34)41-9-10-46-14-25(41)32(35,36)37/h4-8,12-13,24-25H,9-11,14-15H2,1-3H3/t24-,25+/m0/s1. The number of cyclic esters (lactones) is 1. The van der Waals surface area contributed by atoms with Crippen LogP contribution in [0.25, 0.3) is 22.2 Å². The highest BCUT2D eigenvalue weighted by atomic mass is 19.4. The summed E-state index contributed by atoms with van der Waals surface area (Å²) in [4.78, 5) is 50.1. The molecule has 4 heterocycles. The first-order valence-corrected chi connectivity index (χ1v) is 14.6. The average molecular weight is 658 g/mol. The summed E-state index contributed by atoms with van der Waals surface area (Å²) in [5.74, 6) is -4.81. The number of aromatic nitrogens is 3. The highest BCUT2D eigenvalue weighted by Crippen LogP contribution is 2.34. The van der Waals surface area contributed by atoms with Gasteiger partial charge in [0.05, 0.1) is 24.4 Å². The number of carbonyl (C=O) groups is 2. The lowest BCUT2D eigenvalue weighted by Crippen LogP contribution is -2.53. The van der Waals surface area contributed by atoms with Crippen molar-refractivity contribution in [1.29, 1.82) is 0 Å². The number of rotatable bonds is 5. The first-order valence-electron chi connectivity index (χ1n) is 14.6. The van der Waals surface area contributed by atoms with Crippen molar-refractivity contribution in [2.24, 2.45) is 7.05 Å². The number of carbonyl (C=O) groups excluding carboxylic acids is 2. The molecule has 15 heteroatoms. The van der Waals surface area contributed by atoms with Gasteiger partial charge in [-0.15, -0.1) is 0 Å². The Hall–Kier alpha value is -4.92. The van der Waals surface area contributed by atoms with Gasteiger partial charge in [0.25, 0.3) is 11.5 Å². The number of benzene rings is 2. The van der Waals surface area contributed by atoms with Gasteiger partial charge in [0.1, 0.15) is 35.0 Å². The highest BCUT2D eigenvalue weighted by molar-refractivity contribution is 5.99. The highest BCUT2D eigenvalue weighted by Gasteiger charge is 2.46. The van der Waals surface area contributed by atoms with Gasteiger partial charge in [-0.25, -0.2) is 18.6 Å². The molecule has 2 aliphatic heterocycles. The number of hydrogen-bond acceptors (Lipinski definition) is 8. The van der Waals surface area contributed by atoms with E-state index in [0.717, 1.165) is 9.80 Å². The number of nitrogens with zero attached hydrogens (tertiary/aromatic N) is 5. The van der Waals surface area contributed by atoms with E-state index in [1.807, 2.05) is 0 Å². The summed E-state index contributed by atoms with van der Waals surface area (Å²) in [6, 6.07) is 4.56. The zero-order chi connectivity index (χ0) is 33.8. The fourth-order valence-electron chi connectivity index (χ4n) is 5.93. The molecule has 2 atom stereocenters. The Morgan fingerprint density at radius 1 is 1.09 bits per heavy atom. The van der Waals surface area contributed by atoms with Gasteiger partial charge >= 0.3 is 12.1 Å². The third-order valence-electron chi connectivity index (χ3n) is 8.68. The summed E-state index contributed by atoms with van der Waals surface area (Å²) in [5, 5.41) is 0.547. The Labute approximate surface area is 264 Å². The van der Waals surface area contributed by atoms with Crippen LogP contribution < -0.4 is 10.5 Å². The van der Waals surface area contributed by atoms with Gasteiger partial charge in [0, 0.05) is 48.5 Å². The lowest BCUT2D eigenvalue weighted by Gasteiger charge is -2.38. The maximum absolute atomic E-state index is 15.4. The zero-order valence-electron chi connectivity index (χ0n) is 25.4. The second-order valence-corrected chi connectivity index (χ2v) is 11.4. The van der Waals surface area contributed by atoms with Gasteiger partial charge in [-0.1, -0.05) is 18.2 Å². The van der Waals surface area contributed by atoms with E-state index in [0.29, 0.717) is 45.6 Å². The molecular formula is C32H28F5N5O5. The average Bonchev–Trinajstić information content (AvgIpc) is 3.40. The molecular weight excluding hydrogens is 629 g/mol. The number of aryl methyl sites for hydroxylation is 1. The van der Waals surface area contributed by atoms with Crippen molar-refractivity contribution in [2.45, 2.75) is 38.5 Å². The second-order valence-electron chi connectivity index (χ2n) is 11.4. The smallest absolute Gasteiger partial charge is 0.411 e. The predicted octanol–water partition coefficient (Wildman–Crippen LogP) is 4.23. The van der Waals surface area contributed by atoms with Crippen molar-refractivity contribution >= 4 is 28.5 Å². The molecule has 0 bridgehead atoms. The van der Waals surface area contributed by atoms with Crippen molar-refractivity contribution < 1.29 is 41.0 Å². The minimum absolute atomic E-state index is 0.0889. The molecule has 47 heavy (non-hydrogen) atoms. The van der Waals surface area contributed by atoms with Crippen LogP contribution in [0.1, 0.15) is 27.3 Å². The number of anilines is 1. The zero-order valence-corrected chi connectivity index (χ0v) is 25.4. The van der Waals surface area contributed by atoms with Gasteiger partial charge in [0.2, 0.25) is 0 Å². The van der Waals surface area contributed by atoms with Crippen LogP contribution >= 0.6 is 0 Å². The lowest BCUT2D eigenvalue weighted by atomic mass is 9.96. The number of esters is 1. The lowest BCUT2D eigenvalue weighted by molar-refractivity contribution is -0.167. The summed E-state index contributed by atoms with van der Waals surface area (Å²) in [6.07, 6.45) is -3.33. The molecule has 6 rings (SSSR count). The van der Waals surface area contributed by atoms with Crippen molar-refractivity contribution in [3.63, 3.8) is 0 Å². The molecule has 0 saturated carbocycles. The Morgan fingerprint density at radius 2 is 1.81 bits per heavy atom. The van der Waals surface area contributed by atoms with E-state index >= 15 is 8.78 Å². The van der Waals surface area contributed by atoms with Crippen LogP contribution in [0.2, 0.25) is 0 Å². The minimum atomic E-state index is -4.73. The summed E-state index contributed by atoms with van der Waals surface area (Å²) < 4.78 is 83.0. The van der Waals surface area contributed by atoms with Gasteiger partial charge < -0.3 is 18.9 Å². The monoisotopic (exact) mass is 657 g/mol. The molecule has 2 saturated heterocycles. The fourth-order valence-corrected chi connectivity index (χ4v) is 5.93. The molecule has 0 spiro atoms. The molecule has 246 valence electrons. The van der Waals surface area contributed by atoms with Crippen LogP contribution in [0.3, 0.4) is 0 Å². The second kappa shape index (κ2) is 12.0. The number of fused-ring (bicyclic) bond motifs is 1. The maximum Gasteiger partial charge on any atom is 0.411 e. The van der Waals surface area contributed by atoms with Gasteiger partial charge in [-0.2, -0.15) is 13.2 Å². The largest absolute Gasteiger partial charge is 0.443 e. The Kier molecular flexibility index (Phi) is 8.20. The Balaban J connectivity index is 1.32. The first kappa shape index (κ1) is 32.0. The van der Waals surface area contributed by atoms with E-state index in [-0.39, 0.29) is 30.8 Å². The molecule has 1 amide bonds. The Morgan fingerprint density at radius 3 is 2.51 bits per heavy atom. The summed E-state index contributed by atoms with van der Waals surface area (Å²) in [5.41, 5.74) is 1.15. The van der Waals surface area contributed by atoms with Crippen LogP contribution in [0.15, 0.2) is 47.4 Å². The van der Waals surface area contributed by atoms with Crippen molar-refractivity contribution in [3.8, 4) is 11.3 Å². The normalized spacial score (nSPS) is 18.6. The third-order valence-corrected chi connectivity index (χ3v) is 8.68. The molecule has 4 aromatic rings. The van der Waals surface area contributed by atoms with Crippen molar-refractivity contribution in [1.82, 2.24) is 19.4 Å². The summed E-state index contributed by atoms with van der Waals surface area (Å²) >= 11 is 0. The van der Waals surface area contributed by atoms with Gasteiger partial charge in [0.15, 0.2) is 6.73 Å². The number of ether oxygens (including phenoxy) is 2. The predicted molar refractivity (Wildman–Crippen MR) is 159 cm³/mol. The number of pyridine rings is 1. The topological polar surface area (TPSA) is 107 Å². The van der Waals surface area contributed by atoms with E-state index in [1.54, 1.807) is 45.2 Å². The molecule has 10 nitrogen and oxygen atoms in total.